The van der Waals surface area contributed by atoms with Crippen molar-refractivity contribution in [1.29, 1.82) is 0 Å². The van der Waals surface area contributed by atoms with E-state index in [-0.39, 0.29) is 0 Å². The van der Waals surface area contributed by atoms with Crippen LogP contribution in [0.2, 0.25) is 0 Å². The molecule has 1 aromatic heterocycles. The summed E-state index contributed by atoms with van der Waals surface area (Å²) in [6, 6.07) is 8.27. The molecule has 0 amide bonds. The van der Waals surface area contributed by atoms with Crippen LogP contribution in [0.4, 0.5) is 0 Å². The van der Waals surface area contributed by atoms with Gasteiger partial charge in [-0.2, -0.15) is 5.10 Å². The van der Waals surface area contributed by atoms with Crippen molar-refractivity contribution in [1.82, 2.24) is 15.1 Å². The summed E-state index contributed by atoms with van der Waals surface area (Å²) in [6.45, 7) is 6.66. The molecule has 0 aliphatic carbocycles. The zero-order chi connectivity index (χ0) is 14.4. The van der Waals surface area contributed by atoms with Gasteiger partial charge in [0.25, 0.3) is 0 Å². The third-order valence-corrected chi connectivity index (χ3v) is 3.38. The predicted molar refractivity (Wildman–Crippen MR) is 80.7 cm³/mol. The van der Waals surface area contributed by atoms with Crippen LogP contribution in [0.25, 0.3) is 0 Å². The van der Waals surface area contributed by atoms with Crippen molar-refractivity contribution in [2.45, 2.75) is 33.4 Å². The standard InChI is InChI=1S/C16H23N3O/c1-4-9-20-16-7-5-14(6-8-16)10-17-11-15-12-18-19(3)13(15)2/h5-8,12,17H,4,9-11H2,1-3H3. The van der Waals surface area contributed by atoms with Crippen molar-refractivity contribution >= 4 is 0 Å². The Balaban J connectivity index is 1.80. The summed E-state index contributed by atoms with van der Waals surface area (Å²) in [5, 5.41) is 7.68. The maximum Gasteiger partial charge on any atom is 0.119 e. The highest BCUT2D eigenvalue weighted by molar-refractivity contribution is 5.27. The van der Waals surface area contributed by atoms with Crippen molar-refractivity contribution < 1.29 is 4.74 Å². The summed E-state index contributed by atoms with van der Waals surface area (Å²) in [4.78, 5) is 0. The molecule has 0 bridgehead atoms. The topological polar surface area (TPSA) is 39.1 Å². The molecule has 1 N–H and O–H groups in total. The monoisotopic (exact) mass is 273 g/mol. The molecule has 0 aliphatic heterocycles. The minimum Gasteiger partial charge on any atom is -0.494 e. The van der Waals surface area contributed by atoms with E-state index in [0.717, 1.165) is 31.9 Å². The molecule has 2 aromatic rings. The zero-order valence-corrected chi connectivity index (χ0v) is 12.5. The lowest BCUT2D eigenvalue weighted by Crippen LogP contribution is -2.13. The lowest BCUT2D eigenvalue weighted by molar-refractivity contribution is 0.317. The number of aryl methyl sites for hydroxylation is 1. The second kappa shape index (κ2) is 7.10. The van der Waals surface area contributed by atoms with Crippen molar-refractivity contribution in [3.63, 3.8) is 0 Å². The number of nitrogens with zero attached hydrogens (tertiary/aromatic N) is 2. The molecular formula is C16H23N3O. The summed E-state index contributed by atoms with van der Waals surface area (Å²) in [5.41, 5.74) is 3.71. The van der Waals surface area contributed by atoms with Gasteiger partial charge in [-0.15, -0.1) is 0 Å². The smallest absolute Gasteiger partial charge is 0.119 e. The molecule has 0 saturated carbocycles. The maximum absolute atomic E-state index is 5.57. The van der Waals surface area contributed by atoms with Crippen LogP contribution in [-0.2, 0) is 20.1 Å². The third-order valence-electron chi connectivity index (χ3n) is 3.38. The van der Waals surface area contributed by atoms with Crippen molar-refractivity contribution in [2.75, 3.05) is 6.61 Å². The molecule has 0 spiro atoms. The number of nitrogens with one attached hydrogen (secondary N) is 1. The van der Waals surface area contributed by atoms with Gasteiger partial charge in [-0.1, -0.05) is 19.1 Å². The van der Waals surface area contributed by atoms with Gasteiger partial charge in [-0.3, -0.25) is 4.68 Å². The minimum atomic E-state index is 0.776. The van der Waals surface area contributed by atoms with Crippen LogP contribution in [0.5, 0.6) is 5.75 Å². The van der Waals surface area contributed by atoms with Crippen molar-refractivity contribution in [3.05, 3.63) is 47.3 Å². The highest BCUT2D eigenvalue weighted by atomic mass is 16.5. The van der Waals surface area contributed by atoms with E-state index in [9.17, 15) is 0 Å². The lowest BCUT2D eigenvalue weighted by atomic mass is 10.2. The van der Waals surface area contributed by atoms with Crippen LogP contribution in [0.1, 0.15) is 30.2 Å². The zero-order valence-electron chi connectivity index (χ0n) is 12.5. The molecule has 0 aliphatic rings. The highest BCUT2D eigenvalue weighted by Gasteiger charge is 2.02. The molecule has 0 atom stereocenters. The molecule has 0 radical (unpaired) electrons. The summed E-state index contributed by atoms with van der Waals surface area (Å²) < 4.78 is 7.47. The molecule has 0 unspecified atom stereocenters. The molecule has 4 nitrogen and oxygen atoms in total. The van der Waals surface area contributed by atoms with E-state index < -0.39 is 0 Å². The molecule has 4 heteroatoms. The van der Waals surface area contributed by atoms with Gasteiger partial charge in [-0.25, -0.2) is 0 Å². The number of hydrogen-bond donors (Lipinski definition) is 1. The number of aromatic nitrogens is 2. The van der Waals surface area contributed by atoms with E-state index in [1.807, 2.05) is 30.1 Å². The summed E-state index contributed by atoms with van der Waals surface area (Å²) in [6.07, 6.45) is 2.96. The molecule has 108 valence electrons. The van der Waals surface area contributed by atoms with Crippen LogP contribution in [0.15, 0.2) is 30.5 Å². The van der Waals surface area contributed by atoms with Crippen molar-refractivity contribution in [3.8, 4) is 5.75 Å². The van der Waals surface area contributed by atoms with E-state index in [4.69, 9.17) is 4.74 Å². The molecule has 2 rings (SSSR count). The van der Waals surface area contributed by atoms with Crippen LogP contribution >= 0.6 is 0 Å². The lowest BCUT2D eigenvalue weighted by Gasteiger charge is -2.07. The first kappa shape index (κ1) is 14.6. The Morgan fingerprint density at radius 1 is 1.20 bits per heavy atom. The first-order valence-electron chi connectivity index (χ1n) is 7.10. The number of rotatable bonds is 7. The fourth-order valence-corrected chi connectivity index (χ4v) is 1.98. The van der Waals surface area contributed by atoms with Gasteiger partial charge in [0.2, 0.25) is 0 Å². The summed E-state index contributed by atoms with van der Waals surface area (Å²) in [5.74, 6) is 0.943. The van der Waals surface area contributed by atoms with Gasteiger partial charge in [0.1, 0.15) is 5.75 Å². The third kappa shape index (κ3) is 3.84. The second-order valence-electron chi connectivity index (χ2n) is 4.97. The van der Waals surface area contributed by atoms with Crippen LogP contribution in [-0.4, -0.2) is 16.4 Å². The maximum atomic E-state index is 5.57. The normalized spacial score (nSPS) is 10.8. The predicted octanol–water partition coefficient (Wildman–Crippen LogP) is 2.81. The van der Waals surface area contributed by atoms with Gasteiger partial charge >= 0.3 is 0 Å². The Labute approximate surface area is 120 Å². The second-order valence-corrected chi connectivity index (χ2v) is 4.97. The highest BCUT2D eigenvalue weighted by Crippen LogP contribution is 2.12. The number of hydrogen-bond acceptors (Lipinski definition) is 3. The minimum absolute atomic E-state index is 0.776. The fourth-order valence-electron chi connectivity index (χ4n) is 1.98. The van der Waals surface area contributed by atoms with E-state index in [1.165, 1.54) is 16.8 Å². The number of ether oxygens (including phenoxy) is 1. The van der Waals surface area contributed by atoms with Crippen LogP contribution in [0, 0.1) is 6.92 Å². The average molecular weight is 273 g/mol. The SMILES string of the molecule is CCCOc1ccc(CNCc2cnn(C)c2C)cc1. The quantitative estimate of drug-likeness (QED) is 0.843. The molecule has 1 aromatic carbocycles. The van der Waals surface area contributed by atoms with E-state index in [2.05, 4.69) is 36.4 Å². The van der Waals surface area contributed by atoms with E-state index in [0.29, 0.717) is 0 Å². The van der Waals surface area contributed by atoms with E-state index >= 15 is 0 Å². The van der Waals surface area contributed by atoms with E-state index in [1.54, 1.807) is 0 Å². The Hall–Kier alpha value is -1.81. The first-order chi connectivity index (χ1) is 9.70. The Morgan fingerprint density at radius 2 is 1.95 bits per heavy atom. The summed E-state index contributed by atoms with van der Waals surface area (Å²) in [7, 11) is 1.97. The molecule has 0 saturated heterocycles. The van der Waals surface area contributed by atoms with Gasteiger partial charge in [0.15, 0.2) is 0 Å². The largest absolute Gasteiger partial charge is 0.494 e. The van der Waals surface area contributed by atoms with Crippen molar-refractivity contribution in [2.24, 2.45) is 7.05 Å². The Morgan fingerprint density at radius 3 is 2.55 bits per heavy atom. The van der Waals surface area contributed by atoms with Crippen LogP contribution in [0.3, 0.4) is 0 Å². The van der Waals surface area contributed by atoms with Gasteiger partial charge < -0.3 is 10.1 Å². The Kier molecular flexibility index (Phi) is 5.18. The van der Waals surface area contributed by atoms with Crippen LogP contribution < -0.4 is 10.1 Å². The number of benzene rings is 1. The molecular weight excluding hydrogens is 250 g/mol. The molecule has 0 fully saturated rings. The molecule has 20 heavy (non-hydrogen) atoms. The Bertz CT molecular complexity index is 531. The fraction of sp³-hybridized carbons (Fsp3) is 0.438. The summed E-state index contributed by atoms with van der Waals surface area (Å²) >= 11 is 0. The first-order valence-corrected chi connectivity index (χ1v) is 7.10. The average Bonchev–Trinajstić information content (AvgIpc) is 2.78. The van der Waals surface area contributed by atoms with Gasteiger partial charge in [0, 0.05) is 31.4 Å². The van der Waals surface area contributed by atoms with Gasteiger partial charge in [0.05, 0.1) is 12.8 Å². The molecule has 1 heterocycles. The van der Waals surface area contributed by atoms with Gasteiger partial charge in [-0.05, 0) is 31.0 Å².